The molecule has 1 aliphatic heterocycles. The molecule has 1 N–H and O–H groups in total. The van der Waals surface area contributed by atoms with Crippen molar-refractivity contribution in [3.8, 4) is 0 Å². The van der Waals surface area contributed by atoms with Crippen LogP contribution in [0.5, 0.6) is 0 Å². The average Bonchev–Trinajstić information content (AvgIpc) is 2.47. The van der Waals surface area contributed by atoms with E-state index in [9.17, 15) is 0 Å². The largest absolute Gasteiger partial charge is 0.378 e. The van der Waals surface area contributed by atoms with E-state index in [0.717, 1.165) is 13.2 Å². The normalized spacial score (nSPS) is 31.8. The van der Waals surface area contributed by atoms with Gasteiger partial charge in [-0.1, -0.05) is 6.08 Å². The molecule has 12 heavy (non-hydrogen) atoms. The highest BCUT2D eigenvalue weighted by Gasteiger charge is 2.23. The van der Waals surface area contributed by atoms with Gasteiger partial charge in [0.05, 0.1) is 6.10 Å². The van der Waals surface area contributed by atoms with Gasteiger partial charge in [0.2, 0.25) is 0 Å². The van der Waals surface area contributed by atoms with Crippen molar-refractivity contribution in [2.75, 3.05) is 13.2 Å². The van der Waals surface area contributed by atoms with E-state index in [0.29, 0.717) is 18.1 Å². The minimum Gasteiger partial charge on any atom is -0.378 e. The molecule has 2 heteroatoms. The molecule has 0 aromatic carbocycles. The summed E-state index contributed by atoms with van der Waals surface area (Å²) in [6.45, 7) is 9.98. The van der Waals surface area contributed by atoms with Crippen molar-refractivity contribution >= 4 is 0 Å². The maximum Gasteiger partial charge on any atom is 0.0588 e. The van der Waals surface area contributed by atoms with Crippen LogP contribution < -0.4 is 5.32 Å². The van der Waals surface area contributed by atoms with Crippen molar-refractivity contribution in [2.24, 2.45) is 5.92 Å². The van der Waals surface area contributed by atoms with Crippen LogP contribution >= 0.6 is 0 Å². The Hall–Kier alpha value is -0.340. The molecule has 3 unspecified atom stereocenters. The van der Waals surface area contributed by atoms with Gasteiger partial charge in [-0.3, -0.25) is 0 Å². The van der Waals surface area contributed by atoms with Gasteiger partial charge < -0.3 is 10.1 Å². The van der Waals surface area contributed by atoms with Gasteiger partial charge in [-0.05, 0) is 26.2 Å². The third-order valence-corrected chi connectivity index (χ3v) is 2.59. The van der Waals surface area contributed by atoms with Gasteiger partial charge in [0, 0.05) is 19.2 Å². The standard InChI is InChI=1S/C10H19NO/c1-4-8(2)11-7-10-5-6-12-9(10)3/h4,8-11H,1,5-7H2,2-3H3. The minimum atomic E-state index is 0.415. The lowest BCUT2D eigenvalue weighted by molar-refractivity contribution is 0.105. The van der Waals surface area contributed by atoms with Gasteiger partial charge in [-0.2, -0.15) is 0 Å². The van der Waals surface area contributed by atoms with Gasteiger partial charge in [0.1, 0.15) is 0 Å². The topological polar surface area (TPSA) is 21.3 Å². The molecule has 0 aromatic heterocycles. The molecule has 1 heterocycles. The molecule has 0 radical (unpaired) electrons. The summed E-state index contributed by atoms with van der Waals surface area (Å²) in [5, 5.41) is 3.41. The molecule has 0 bridgehead atoms. The fourth-order valence-electron chi connectivity index (χ4n) is 1.46. The third-order valence-electron chi connectivity index (χ3n) is 2.59. The zero-order valence-corrected chi connectivity index (χ0v) is 8.05. The second-order valence-corrected chi connectivity index (χ2v) is 3.56. The summed E-state index contributed by atoms with van der Waals surface area (Å²) in [4.78, 5) is 0. The van der Waals surface area contributed by atoms with Crippen LogP contribution in [0.1, 0.15) is 20.3 Å². The molecule has 70 valence electrons. The van der Waals surface area contributed by atoms with E-state index >= 15 is 0 Å². The molecule has 1 saturated heterocycles. The highest BCUT2D eigenvalue weighted by atomic mass is 16.5. The summed E-state index contributed by atoms with van der Waals surface area (Å²) < 4.78 is 5.47. The van der Waals surface area contributed by atoms with Crippen LogP contribution in [0.15, 0.2) is 12.7 Å². The first-order valence-corrected chi connectivity index (χ1v) is 4.71. The van der Waals surface area contributed by atoms with Crippen LogP contribution in [0.4, 0.5) is 0 Å². The Labute approximate surface area is 75.0 Å². The predicted octanol–water partition coefficient (Wildman–Crippen LogP) is 1.58. The third kappa shape index (κ3) is 2.61. The summed E-state index contributed by atoms with van der Waals surface area (Å²) in [5.74, 6) is 0.687. The Morgan fingerprint density at radius 1 is 1.75 bits per heavy atom. The van der Waals surface area contributed by atoms with Crippen molar-refractivity contribution in [2.45, 2.75) is 32.4 Å². The van der Waals surface area contributed by atoms with Crippen molar-refractivity contribution in [1.29, 1.82) is 0 Å². The molecular formula is C10H19NO. The van der Waals surface area contributed by atoms with Crippen LogP contribution in [0, 0.1) is 5.92 Å². The summed E-state index contributed by atoms with van der Waals surface area (Å²) >= 11 is 0. The molecule has 0 aromatic rings. The molecule has 0 saturated carbocycles. The van der Waals surface area contributed by atoms with Gasteiger partial charge in [0.15, 0.2) is 0 Å². The maximum absolute atomic E-state index is 5.47. The molecule has 0 spiro atoms. The quantitative estimate of drug-likeness (QED) is 0.645. The lowest BCUT2D eigenvalue weighted by Crippen LogP contribution is -2.32. The summed E-state index contributed by atoms with van der Waals surface area (Å²) in [6.07, 6.45) is 3.55. The molecule has 3 atom stereocenters. The van der Waals surface area contributed by atoms with Crippen LogP contribution in [-0.4, -0.2) is 25.3 Å². The van der Waals surface area contributed by atoms with Crippen LogP contribution in [-0.2, 0) is 4.74 Å². The van der Waals surface area contributed by atoms with E-state index in [1.54, 1.807) is 0 Å². The number of nitrogens with one attached hydrogen (secondary N) is 1. The molecule has 0 amide bonds. The Morgan fingerprint density at radius 3 is 3.00 bits per heavy atom. The lowest BCUT2D eigenvalue weighted by atomic mass is 10.0. The molecule has 1 fully saturated rings. The first-order chi connectivity index (χ1) is 5.74. The van der Waals surface area contributed by atoms with Gasteiger partial charge >= 0.3 is 0 Å². The molecule has 2 nitrogen and oxygen atoms in total. The zero-order chi connectivity index (χ0) is 8.97. The van der Waals surface area contributed by atoms with Crippen molar-refractivity contribution in [3.05, 3.63) is 12.7 Å². The van der Waals surface area contributed by atoms with Crippen molar-refractivity contribution in [1.82, 2.24) is 5.32 Å². The SMILES string of the molecule is C=CC(C)NCC1CCOC1C. The van der Waals surface area contributed by atoms with E-state index in [1.807, 2.05) is 6.08 Å². The second-order valence-electron chi connectivity index (χ2n) is 3.56. The maximum atomic E-state index is 5.47. The monoisotopic (exact) mass is 169 g/mol. The van der Waals surface area contributed by atoms with Gasteiger partial charge in [-0.25, -0.2) is 0 Å². The number of hydrogen-bond acceptors (Lipinski definition) is 2. The molecule has 0 aliphatic carbocycles. The Kier molecular flexibility index (Phi) is 3.76. The van der Waals surface area contributed by atoms with E-state index in [4.69, 9.17) is 4.74 Å². The van der Waals surface area contributed by atoms with Crippen molar-refractivity contribution in [3.63, 3.8) is 0 Å². The van der Waals surface area contributed by atoms with E-state index in [-0.39, 0.29) is 0 Å². The predicted molar refractivity (Wildman–Crippen MR) is 51.2 cm³/mol. The Bertz CT molecular complexity index is 147. The number of ether oxygens (including phenoxy) is 1. The number of hydrogen-bond donors (Lipinski definition) is 1. The molecular weight excluding hydrogens is 150 g/mol. The second kappa shape index (κ2) is 4.63. The van der Waals surface area contributed by atoms with Crippen LogP contribution in [0.3, 0.4) is 0 Å². The fourth-order valence-corrected chi connectivity index (χ4v) is 1.46. The summed E-state index contributed by atoms with van der Waals surface area (Å²) in [6, 6.07) is 0.415. The zero-order valence-electron chi connectivity index (χ0n) is 8.05. The van der Waals surface area contributed by atoms with E-state index in [1.165, 1.54) is 6.42 Å². The summed E-state index contributed by atoms with van der Waals surface area (Å²) in [5.41, 5.74) is 0. The van der Waals surface area contributed by atoms with Crippen LogP contribution in [0.25, 0.3) is 0 Å². The minimum absolute atomic E-state index is 0.415. The lowest BCUT2D eigenvalue weighted by Gasteiger charge is -2.16. The smallest absolute Gasteiger partial charge is 0.0588 e. The van der Waals surface area contributed by atoms with E-state index in [2.05, 4.69) is 25.7 Å². The average molecular weight is 169 g/mol. The first kappa shape index (κ1) is 9.75. The van der Waals surface area contributed by atoms with Gasteiger partial charge in [0.25, 0.3) is 0 Å². The Balaban J connectivity index is 2.17. The summed E-state index contributed by atoms with van der Waals surface area (Å²) in [7, 11) is 0. The highest BCUT2D eigenvalue weighted by Crippen LogP contribution is 2.19. The fraction of sp³-hybridized carbons (Fsp3) is 0.800. The highest BCUT2D eigenvalue weighted by molar-refractivity contribution is 4.83. The molecule has 1 rings (SSSR count). The van der Waals surface area contributed by atoms with Crippen molar-refractivity contribution < 1.29 is 4.74 Å². The van der Waals surface area contributed by atoms with Gasteiger partial charge in [-0.15, -0.1) is 6.58 Å². The van der Waals surface area contributed by atoms with Crippen LogP contribution in [0.2, 0.25) is 0 Å². The first-order valence-electron chi connectivity index (χ1n) is 4.71. The Morgan fingerprint density at radius 2 is 2.50 bits per heavy atom. The number of rotatable bonds is 4. The van der Waals surface area contributed by atoms with E-state index < -0.39 is 0 Å². The molecule has 1 aliphatic rings.